The van der Waals surface area contributed by atoms with Gasteiger partial charge in [-0.1, -0.05) is 24.3 Å². The molecule has 2 atom stereocenters. The van der Waals surface area contributed by atoms with Gasteiger partial charge < -0.3 is 4.74 Å². The fourth-order valence-corrected chi connectivity index (χ4v) is 4.04. The number of hydrogen-bond donors (Lipinski definition) is 1. The summed E-state index contributed by atoms with van der Waals surface area (Å²) in [6, 6.07) is 8.03. The molecule has 1 N–H and O–H groups in total. The van der Waals surface area contributed by atoms with Gasteiger partial charge in [-0.2, -0.15) is 0 Å². The van der Waals surface area contributed by atoms with Crippen LogP contribution in [0.25, 0.3) is 0 Å². The standard InChI is InChI=1S/C14H21NO3S/c1-11-5-3-4-6-13(11)7-9-15-19(16,17)14-8-10-18-12(14)2/h3-6,12,14-15H,7-10H2,1-2H3. The third-order valence-corrected chi connectivity index (χ3v) is 5.69. The van der Waals surface area contributed by atoms with Gasteiger partial charge in [-0.05, 0) is 37.8 Å². The second kappa shape index (κ2) is 6.03. The molecule has 0 spiro atoms. The zero-order chi connectivity index (χ0) is 13.9. The van der Waals surface area contributed by atoms with Gasteiger partial charge >= 0.3 is 0 Å². The molecule has 1 saturated heterocycles. The van der Waals surface area contributed by atoms with E-state index in [1.807, 2.05) is 38.1 Å². The Morgan fingerprint density at radius 3 is 2.74 bits per heavy atom. The van der Waals surface area contributed by atoms with Crippen molar-refractivity contribution in [2.75, 3.05) is 13.2 Å². The second-order valence-corrected chi connectivity index (χ2v) is 7.00. The van der Waals surface area contributed by atoms with Crippen molar-refractivity contribution in [3.63, 3.8) is 0 Å². The highest BCUT2D eigenvalue weighted by Gasteiger charge is 2.35. The van der Waals surface area contributed by atoms with Gasteiger partial charge in [0.15, 0.2) is 0 Å². The lowest BCUT2D eigenvalue weighted by atomic mass is 10.1. The first-order valence-electron chi connectivity index (χ1n) is 6.65. The Morgan fingerprint density at radius 2 is 2.11 bits per heavy atom. The zero-order valence-electron chi connectivity index (χ0n) is 11.4. The molecule has 0 aliphatic carbocycles. The summed E-state index contributed by atoms with van der Waals surface area (Å²) in [5, 5.41) is -0.413. The molecule has 0 amide bonds. The van der Waals surface area contributed by atoms with Crippen LogP contribution in [0.3, 0.4) is 0 Å². The van der Waals surface area contributed by atoms with E-state index in [-0.39, 0.29) is 6.10 Å². The van der Waals surface area contributed by atoms with Crippen LogP contribution in [0, 0.1) is 6.92 Å². The van der Waals surface area contributed by atoms with Crippen molar-refractivity contribution in [3.8, 4) is 0 Å². The Labute approximate surface area is 115 Å². The molecule has 1 aliphatic heterocycles. The number of nitrogens with one attached hydrogen (secondary N) is 1. The SMILES string of the molecule is Cc1ccccc1CCNS(=O)(=O)C1CCOC1C. The molecule has 0 radical (unpaired) electrons. The lowest BCUT2D eigenvalue weighted by molar-refractivity contribution is 0.126. The monoisotopic (exact) mass is 283 g/mol. The minimum atomic E-state index is -3.27. The van der Waals surface area contributed by atoms with Crippen LogP contribution in [-0.2, 0) is 21.2 Å². The van der Waals surface area contributed by atoms with Crippen LogP contribution < -0.4 is 4.72 Å². The minimum absolute atomic E-state index is 0.212. The summed E-state index contributed by atoms with van der Waals surface area (Å²) in [6.07, 6.45) is 1.09. The molecule has 2 rings (SSSR count). The van der Waals surface area contributed by atoms with E-state index >= 15 is 0 Å². The predicted octanol–water partition coefficient (Wildman–Crippen LogP) is 1.63. The van der Waals surface area contributed by atoms with Gasteiger partial charge in [-0.3, -0.25) is 0 Å². The molecule has 1 heterocycles. The molecule has 1 aliphatic rings. The second-order valence-electron chi connectivity index (χ2n) is 5.02. The average Bonchev–Trinajstić information content (AvgIpc) is 2.79. The lowest BCUT2D eigenvalue weighted by Gasteiger charge is -2.16. The van der Waals surface area contributed by atoms with Crippen molar-refractivity contribution in [2.24, 2.45) is 0 Å². The third-order valence-electron chi connectivity index (χ3n) is 3.66. The molecule has 19 heavy (non-hydrogen) atoms. The first-order valence-corrected chi connectivity index (χ1v) is 8.20. The van der Waals surface area contributed by atoms with Crippen LogP contribution in [0.2, 0.25) is 0 Å². The fourth-order valence-electron chi connectivity index (χ4n) is 2.45. The average molecular weight is 283 g/mol. The summed E-state index contributed by atoms with van der Waals surface area (Å²) in [6.45, 7) is 4.83. The van der Waals surface area contributed by atoms with E-state index in [9.17, 15) is 8.42 Å². The van der Waals surface area contributed by atoms with Gasteiger partial charge in [0.05, 0.1) is 6.10 Å². The van der Waals surface area contributed by atoms with Crippen LogP contribution >= 0.6 is 0 Å². The highest BCUT2D eigenvalue weighted by Crippen LogP contribution is 2.19. The zero-order valence-corrected chi connectivity index (χ0v) is 12.2. The van der Waals surface area contributed by atoms with Crippen LogP contribution in [0.15, 0.2) is 24.3 Å². The van der Waals surface area contributed by atoms with E-state index in [1.165, 1.54) is 11.1 Å². The number of sulfonamides is 1. The quantitative estimate of drug-likeness (QED) is 0.893. The van der Waals surface area contributed by atoms with E-state index in [4.69, 9.17) is 4.74 Å². The van der Waals surface area contributed by atoms with Crippen molar-refractivity contribution in [3.05, 3.63) is 35.4 Å². The number of ether oxygens (including phenoxy) is 1. The van der Waals surface area contributed by atoms with E-state index in [2.05, 4.69) is 4.72 Å². The lowest BCUT2D eigenvalue weighted by Crippen LogP contribution is -2.39. The van der Waals surface area contributed by atoms with Gasteiger partial charge in [-0.25, -0.2) is 13.1 Å². The highest BCUT2D eigenvalue weighted by atomic mass is 32.2. The van der Waals surface area contributed by atoms with Crippen molar-refractivity contribution < 1.29 is 13.2 Å². The Bertz CT molecular complexity index is 527. The maximum atomic E-state index is 12.1. The Hall–Kier alpha value is -0.910. The number of hydrogen-bond acceptors (Lipinski definition) is 3. The largest absolute Gasteiger partial charge is 0.377 e. The van der Waals surface area contributed by atoms with Crippen LogP contribution in [0.5, 0.6) is 0 Å². The van der Waals surface area contributed by atoms with Gasteiger partial charge in [0.2, 0.25) is 10.0 Å². The van der Waals surface area contributed by atoms with Crippen LogP contribution in [0.4, 0.5) is 0 Å². The summed E-state index contributed by atoms with van der Waals surface area (Å²) < 4.78 is 32.3. The summed E-state index contributed by atoms with van der Waals surface area (Å²) >= 11 is 0. The topological polar surface area (TPSA) is 55.4 Å². The molecule has 0 saturated carbocycles. The molecule has 4 nitrogen and oxygen atoms in total. The minimum Gasteiger partial charge on any atom is -0.377 e. The van der Waals surface area contributed by atoms with Crippen LogP contribution in [0.1, 0.15) is 24.5 Å². The molecule has 5 heteroatoms. The molecule has 0 aromatic heterocycles. The van der Waals surface area contributed by atoms with Crippen molar-refractivity contribution in [2.45, 2.75) is 38.0 Å². The smallest absolute Gasteiger partial charge is 0.217 e. The van der Waals surface area contributed by atoms with E-state index in [0.29, 0.717) is 26.0 Å². The summed E-state index contributed by atoms with van der Waals surface area (Å²) in [5.74, 6) is 0. The van der Waals surface area contributed by atoms with Crippen LogP contribution in [-0.4, -0.2) is 32.9 Å². The van der Waals surface area contributed by atoms with Crippen molar-refractivity contribution in [1.82, 2.24) is 4.72 Å². The molecular formula is C14H21NO3S. The maximum Gasteiger partial charge on any atom is 0.217 e. The van der Waals surface area contributed by atoms with Gasteiger partial charge in [-0.15, -0.1) is 0 Å². The number of aryl methyl sites for hydroxylation is 1. The Kier molecular flexibility index (Phi) is 4.60. The molecule has 0 bridgehead atoms. The van der Waals surface area contributed by atoms with E-state index < -0.39 is 15.3 Å². The van der Waals surface area contributed by atoms with Gasteiger partial charge in [0.25, 0.3) is 0 Å². The van der Waals surface area contributed by atoms with Crippen molar-refractivity contribution in [1.29, 1.82) is 0 Å². The Balaban J connectivity index is 1.90. The van der Waals surface area contributed by atoms with Gasteiger partial charge in [0, 0.05) is 13.2 Å². The molecule has 1 fully saturated rings. The molecule has 106 valence electrons. The molecule has 2 unspecified atom stereocenters. The summed E-state index contributed by atoms with van der Waals surface area (Å²) in [7, 11) is -3.27. The van der Waals surface area contributed by atoms with Crippen molar-refractivity contribution >= 4 is 10.0 Å². The fraction of sp³-hybridized carbons (Fsp3) is 0.571. The van der Waals surface area contributed by atoms with Gasteiger partial charge in [0.1, 0.15) is 5.25 Å². The number of rotatable bonds is 5. The molecular weight excluding hydrogens is 262 g/mol. The Morgan fingerprint density at radius 1 is 1.37 bits per heavy atom. The van der Waals surface area contributed by atoms with E-state index in [0.717, 1.165) is 0 Å². The van der Waals surface area contributed by atoms with E-state index in [1.54, 1.807) is 0 Å². The third kappa shape index (κ3) is 3.55. The normalized spacial score (nSPS) is 23.7. The molecule has 1 aromatic rings. The first kappa shape index (κ1) is 14.5. The highest BCUT2D eigenvalue weighted by molar-refractivity contribution is 7.90. The number of benzene rings is 1. The maximum absolute atomic E-state index is 12.1. The first-order chi connectivity index (χ1) is 9.00. The summed E-state index contributed by atoms with van der Waals surface area (Å²) in [4.78, 5) is 0. The predicted molar refractivity (Wildman–Crippen MR) is 75.6 cm³/mol. The summed E-state index contributed by atoms with van der Waals surface area (Å²) in [5.41, 5.74) is 2.38. The molecule has 1 aromatic carbocycles.